The molecule has 1 aromatic carbocycles. The van der Waals surface area contributed by atoms with Gasteiger partial charge in [-0.05, 0) is 17.7 Å². The van der Waals surface area contributed by atoms with Crippen LogP contribution in [0.1, 0.15) is 17.5 Å². The van der Waals surface area contributed by atoms with Crippen LogP contribution in [0.15, 0.2) is 18.2 Å². The van der Waals surface area contributed by atoms with Crippen LogP contribution >= 0.6 is 0 Å². The molecule has 19 heavy (non-hydrogen) atoms. The fraction of sp³-hybridized carbons (Fsp3) is 0.467. The van der Waals surface area contributed by atoms with E-state index in [1.165, 1.54) is 12.1 Å². The van der Waals surface area contributed by atoms with E-state index in [-0.39, 0.29) is 12.4 Å². The molecule has 102 valence electrons. The zero-order valence-corrected chi connectivity index (χ0v) is 10.9. The Morgan fingerprint density at radius 2 is 2.11 bits per heavy atom. The van der Waals surface area contributed by atoms with Gasteiger partial charge in [0.25, 0.3) is 0 Å². The minimum absolute atomic E-state index is 0.0289. The normalized spacial score (nSPS) is 15.9. The third kappa shape index (κ3) is 4.32. The Kier molecular flexibility index (Phi) is 5.34. The third-order valence-corrected chi connectivity index (χ3v) is 3.03. The second kappa shape index (κ2) is 7.25. The third-order valence-electron chi connectivity index (χ3n) is 3.03. The maximum Gasteiger partial charge on any atom is 0.124 e. The van der Waals surface area contributed by atoms with Crippen molar-refractivity contribution in [2.45, 2.75) is 13.0 Å². The van der Waals surface area contributed by atoms with E-state index in [2.05, 4.69) is 16.7 Å². The molecule has 1 aliphatic rings. The predicted molar refractivity (Wildman–Crippen MR) is 71.1 cm³/mol. The van der Waals surface area contributed by atoms with Crippen molar-refractivity contribution >= 4 is 0 Å². The van der Waals surface area contributed by atoms with Crippen LogP contribution in [0.3, 0.4) is 0 Å². The molecule has 0 radical (unpaired) electrons. The average Bonchev–Trinajstić information content (AvgIpc) is 2.43. The van der Waals surface area contributed by atoms with Crippen molar-refractivity contribution in [3.8, 4) is 11.8 Å². The minimum Gasteiger partial charge on any atom is -0.395 e. The first-order valence-electron chi connectivity index (χ1n) is 6.48. The van der Waals surface area contributed by atoms with E-state index in [1.54, 1.807) is 6.07 Å². The SMILES string of the molecule is OCCC#Cc1cc(F)ccc1CN1CCOCC1. The predicted octanol–water partition coefficient (Wildman–Crippen LogP) is 1.39. The van der Waals surface area contributed by atoms with Gasteiger partial charge in [-0.15, -0.1) is 0 Å². The first-order chi connectivity index (χ1) is 9.29. The molecular weight excluding hydrogens is 245 g/mol. The molecule has 0 saturated carbocycles. The van der Waals surface area contributed by atoms with Crippen molar-refractivity contribution in [2.24, 2.45) is 0 Å². The Hall–Kier alpha value is -1.41. The summed E-state index contributed by atoms with van der Waals surface area (Å²) < 4.78 is 18.6. The Balaban J connectivity index is 2.12. The number of rotatable bonds is 3. The lowest BCUT2D eigenvalue weighted by Crippen LogP contribution is -2.35. The van der Waals surface area contributed by atoms with Crippen molar-refractivity contribution in [2.75, 3.05) is 32.9 Å². The van der Waals surface area contributed by atoms with Gasteiger partial charge in [-0.25, -0.2) is 4.39 Å². The van der Waals surface area contributed by atoms with E-state index in [0.717, 1.165) is 38.4 Å². The van der Waals surface area contributed by atoms with Gasteiger partial charge in [0, 0.05) is 31.6 Å². The van der Waals surface area contributed by atoms with Gasteiger partial charge in [-0.3, -0.25) is 4.90 Å². The van der Waals surface area contributed by atoms with E-state index in [4.69, 9.17) is 9.84 Å². The summed E-state index contributed by atoms with van der Waals surface area (Å²) in [7, 11) is 0. The van der Waals surface area contributed by atoms with Crippen molar-refractivity contribution in [3.05, 3.63) is 35.1 Å². The Morgan fingerprint density at radius 1 is 1.32 bits per heavy atom. The smallest absolute Gasteiger partial charge is 0.124 e. The van der Waals surface area contributed by atoms with E-state index < -0.39 is 0 Å². The lowest BCUT2D eigenvalue weighted by Gasteiger charge is -2.26. The molecule has 0 aromatic heterocycles. The Labute approximate surface area is 113 Å². The summed E-state index contributed by atoms with van der Waals surface area (Å²) in [6.45, 7) is 4.05. The van der Waals surface area contributed by atoms with Gasteiger partial charge < -0.3 is 9.84 Å². The highest BCUT2D eigenvalue weighted by molar-refractivity contribution is 5.41. The molecule has 0 spiro atoms. The maximum absolute atomic E-state index is 13.3. The molecule has 1 heterocycles. The fourth-order valence-electron chi connectivity index (χ4n) is 2.02. The van der Waals surface area contributed by atoms with E-state index in [9.17, 15) is 4.39 Å². The summed E-state index contributed by atoms with van der Waals surface area (Å²) in [6.07, 6.45) is 0.410. The van der Waals surface area contributed by atoms with Crippen LogP contribution in [0, 0.1) is 17.7 Å². The van der Waals surface area contributed by atoms with Crippen molar-refractivity contribution < 1.29 is 14.2 Å². The zero-order chi connectivity index (χ0) is 13.5. The Morgan fingerprint density at radius 3 is 2.84 bits per heavy atom. The van der Waals surface area contributed by atoms with Gasteiger partial charge in [-0.1, -0.05) is 17.9 Å². The zero-order valence-electron chi connectivity index (χ0n) is 10.9. The second-order valence-electron chi connectivity index (χ2n) is 4.47. The second-order valence-corrected chi connectivity index (χ2v) is 4.47. The van der Waals surface area contributed by atoms with Crippen molar-refractivity contribution in [3.63, 3.8) is 0 Å². The molecule has 3 nitrogen and oxygen atoms in total. The number of ether oxygens (including phenoxy) is 1. The molecule has 1 N–H and O–H groups in total. The first kappa shape index (κ1) is 14.0. The molecule has 1 fully saturated rings. The average molecular weight is 263 g/mol. The molecule has 0 bridgehead atoms. The van der Waals surface area contributed by atoms with Gasteiger partial charge in [0.1, 0.15) is 5.82 Å². The summed E-state index contributed by atoms with van der Waals surface area (Å²) in [5.74, 6) is 5.50. The number of aliphatic hydroxyl groups excluding tert-OH is 1. The number of benzene rings is 1. The molecule has 1 aromatic rings. The van der Waals surface area contributed by atoms with Crippen LogP contribution in [0.4, 0.5) is 4.39 Å². The molecule has 1 aliphatic heterocycles. The van der Waals surface area contributed by atoms with Crippen molar-refractivity contribution in [1.82, 2.24) is 4.90 Å². The maximum atomic E-state index is 13.3. The summed E-state index contributed by atoms with van der Waals surface area (Å²) >= 11 is 0. The molecular formula is C15H18FNO2. The van der Waals surface area contributed by atoms with Crippen LogP contribution in [0.25, 0.3) is 0 Å². The molecule has 0 amide bonds. The van der Waals surface area contributed by atoms with E-state index >= 15 is 0 Å². The lowest BCUT2D eigenvalue weighted by molar-refractivity contribution is 0.0341. The van der Waals surface area contributed by atoms with Gasteiger partial charge >= 0.3 is 0 Å². The highest BCUT2D eigenvalue weighted by Crippen LogP contribution is 2.14. The molecule has 0 unspecified atom stereocenters. The van der Waals surface area contributed by atoms with Gasteiger partial charge in [0.05, 0.1) is 19.8 Å². The van der Waals surface area contributed by atoms with E-state index in [0.29, 0.717) is 12.0 Å². The summed E-state index contributed by atoms with van der Waals surface area (Å²) in [5.41, 5.74) is 1.73. The molecule has 4 heteroatoms. The largest absolute Gasteiger partial charge is 0.395 e. The van der Waals surface area contributed by atoms with Crippen LogP contribution in [0.5, 0.6) is 0 Å². The summed E-state index contributed by atoms with van der Waals surface area (Å²) in [6, 6.07) is 4.71. The standard InChI is InChI=1S/C15H18FNO2/c16-15-5-4-14(12-17-6-9-19-10-7-17)13(11-15)3-1-2-8-18/h4-5,11,18H,2,6-10,12H2. The van der Waals surface area contributed by atoms with Crippen LogP contribution in [0.2, 0.25) is 0 Å². The van der Waals surface area contributed by atoms with E-state index in [1.807, 2.05) is 0 Å². The number of aliphatic hydroxyl groups is 1. The number of morpholine rings is 1. The van der Waals surface area contributed by atoms with Gasteiger partial charge in [0.15, 0.2) is 0 Å². The monoisotopic (exact) mass is 263 g/mol. The number of halogens is 1. The van der Waals surface area contributed by atoms with Crippen LogP contribution in [-0.2, 0) is 11.3 Å². The minimum atomic E-state index is -0.279. The summed E-state index contributed by atoms with van der Waals surface area (Å²) in [4.78, 5) is 2.27. The molecule has 0 aliphatic carbocycles. The lowest BCUT2D eigenvalue weighted by atomic mass is 10.1. The quantitative estimate of drug-likeness (QED) is 0.837. The molecule has 2 rings (SSSR count). The topological polar surface area (TPSA) is 32.7 Å². The van der Waals surface area contributed by atoms with Crippen molar-refractivity contribution in [1.29, 1.82) is 0 Å². The van der Waals surface area contributed by atoms with Crippen LogP contribution in [-0.4, -0.2) is 42.9 Å². The van der Waals surface area contributed by atoms with Gasteiger partial charge in [0.2, 0.25) is 0 Å². The summed E-state index contributed by atoms with van der Waals surface area (Å²) in [5, 5.41) is 8.73. The van der Waals surface area contributed by atoms with Gasteiger partial charge in [-0.2, -0.15) is 0 Å². The number of hydrogen-bond donors (Lipinski definition) is 1. The first-order valence-corrected chi connectivity index (χ1v) is 6.48. The number of nitrogens with zero attached hydrogens (tertiary/aromatic N) is 1. The number of hydrogen-bond acceptors (Lipinski definition) is 3. The highest BCUT2D eigenvalue weighted by Gasteiger charge is 2.12. The molecule has 0 atom stereocenters. The highest BCUT2D eigenvalue weighted by atomic mass is 19.1. The fourth-order valence-corrected chi connectivity index (χ4v) is 2.02. The Bertz CT molecular complexity index is 473. The molecule has 1 saturated heterocycles. The van der Waals surface area contributed by atoms with Crippen LogP contribution < -0.4 is 0 Å².